The van der Waals surface area contributed by atoms with Gasteiger partial charge in [-0.05, 0) is 86.2 Å². The fourth-order valence-electron chi connectivity index (χ4n) is 4.20. The first-order valence-corrected chi connectivity index (χ1v) is 11.9. The molecule has 5 nitrogen and oxygen atoms in total. The van der Waals surface area contributed by atoms with Crippen molar-refractivity contribution in [2.45, 2.75) is 51.9 Å². The van der Waals surface area contributed by atoms with Crippen molar-refractivity contribution >= 4 is 5.97 Å². The number of aliphatic hydroxyl groups is 1. The van der Waals surface area contributed by atoms with Crippen LogP contribution in [0, 0.1) is 18.6 Å². The van der Waals surface area contributed by atoms with Crippen LogP contribution in [0.3, 0.4) is 0 Å². The number of carbonyl (C=O) groups is 1. The van der Waals surface area contributed by atoms with Crippen LogP contribution in [0.2, 0.25) is 0 Å². The predicted molar refractivity (Wildman–Crippen MR) is 136 cm³/mol. The van der Waals surface area contributed by atoms with E-state index in [1.165, 1.54) is 6.07 Å². The summed E-state index contributed by atoms with van der Waals surface area (Å²) in [6, 6.07) is 16.3. The fraction of sp³-hybridized carbons (Fsp3) is 0.345. The van der Waals surface area contributed by atoms with Crippen LogP contribution in [0.1, 0.15) is 53.9 Å². The maximum Gasteiger partial charge on any atom is 0.335 e. The van der Waals surface area contributed by atoms with Gasteiger partial charge < -0.3 is 20.3 Å². The van der Waals surface area contributed by atoms with Gasteiger partial charge in [0.25, 0.3) is 0 Å². The molecule has 0 saturated heterocycles. The average molecular weight is 498 g/mol. The Bertz CT molecular complexity index is 1210. The van der Waals surface area contributed by atoms with E-state index in [4.69, 9.17) is 4.74 Å². The number of nitrogens with one attached hydrogen (secondary N) is 1. The fourth-order valence-corrected chi connectivity index (χ4v) is 4.20. The average Bonchev–Trinajstić information content (AvgIpc) is 2.83. The molecule has 0 heterocycles. The molecule has 3 aromatic rings. The van der Waals surface area contributed by atoms with Crippen LogP contribution in [-0.4, -0.2) is 41.0 Å². The first-order valence-electron chi connectivity index (χ1n) is 11.9. The molecule has 1 unspecified atom stereocenters. The highest BCUT2D eigenvalue weighted by Gasteiger charge is 2.22. The number of carboxylic acid groups (broad SMARTS) is 1. The standard InChI is InChI=1S/C29H33F2NO4/c1-18-13-20(9-11-24(18)28(34)35)26-8-6-5-7-25(26)19(2)36-17-23(33)16-32-29(3,4)15-21-14-22(30)10-12-27(21)31/h5-14,19,23,32-33H,15-17H2,1-4H3,(H,34,35)/t19?,23-/m0/s1. The largest absolute Gasteiger partial charge is 0.478 e. The molecule has 36 heavy (non-hydrogen) atoms. The molecule has 0 radical (unpaired) electrons. The molecule has 7 heteroatoms. The van der Waals surface area contributed by atoms with E-state index < -0.39 is 29.2 Å². The molecule has 0 spiro atoms. The maximum absolute atomic E-state index is 14.0. The minimum Gasteiger partial charge on any atom is -0.478 e. The third kappa shape index (κ3) is 7.20. The van der Waals surface area contributed by atoms with Crippen molar-refractivity contribution in [2.75, 3.05) is 13.2 Å². The van der Waals surface area contributed by atoms with Crippen molar-refractivity contribution < 1.29 is 28.5 Å². The van der Waals surface area contributed by atoms with E-state index in [9.17, 15) is 23.8 Å². The molecule has 2 atom stereocenters. The molecule has 0 bridgehead atoms. The van der Waals surface area contributed by atoms with Gasteiger partial charge >= 0.3 is 5.97 Å². The van der Waals surface area contributed by atoms with Crippen molar-refractivity contribution in [1.82, 2.24) is 5.32 Å². The monoisotopic (exact) mass is 497 g/mol. The van der Waals surface area contributed by atoms with Crippen LogP contribution in [-0.2, 0) is 11.2 Å². The van der Waals surface area contributed by atoms with E-state index in [0.717, 1.165) is 28.8 Å². The van der Waals surface area contributed by atoms with Gasteiger partial charge in [-0.2, -0.15) is 0 Å². The van der Waals surface area contributed by atoms with Gasteiger partial charge in [-0.3, -0.25) is 0 Å². The number of ether oxygens (including phenoxy) is 1. The summed E-state index contributed by atoms with van der Waals surface area (Å²) in [5, 5.41) is 23.0. The SMILES string of the molecule is Cc1cc(-c2ccccc2C(C)OC[C@@H](O)CNC(C)(C)Cc2cc(F)ccc2F)ccc1C(=O)O. The second-order valence-corrected chi connectivity index (χ2v) is 9.73. The first kappa shape index (κ1) is 27.5. The van der Waals surface area contributed by atoms with Gasteiger partial charge in [-0.1, -0.05) is 36.4 Å². The summed E-state index contributed by atoms with van der Waals surface area (Å²) in [5.41, 5.74) is 3.36. The zero-order valence-electron chi connectivity index (χ0n) is 21.0. The summed E-state index contributed by atoms with van der Waals surface area (Å²) in [6.45, 7) is 7.68. The van der Waals surface area contributed by atoms with Crippen molar-refractivity contribution in [2.24, 2.45) is 0 Å². The Morgan fingerprint density at radius 2 is 1.81 bits per heavy atom. The highest BCUT2D eigenvalue weighted by Crippen LogP contribution is 2.31. The summed E-state index contributed by atoms with van der Waals surface area (Å²) in [5.74, 6) is -1.91. The minimum atomic E-state index is -0.962. The number of rotatable bonds is 11. The molecule has 0 aromatic heterocycles. The number of aromatic carboxylic acids is 1. The molecule has 0 amide bonds. The van der Waals surface area contributed by atoms with Crippen molar-refractivity contribution in [3.8, 4) is 11.1 Å². The Kier molecular flexibility index (Phi) is 8.95. The van der Waals surface area contributed by atoms with Gasteiger partial charge in [0.05, 0.1) is 24.4 Å². The molecule has 3 N–H and O–H groups in total. The zero-order chi connectivity index (χ0) is 26.5. The Hall–Kier alpha value is -3.13. The number of aryl methyl sites for hydroxylation is 1. The van der Waals surface area contributed by atoms with Crippen LogP contribution >= 0.6 is 0 Å². The molecule has 0 aliphatic heterocycles. The number of halogens is 2. The third-order valence-corrected chi connectivity index (χ3v) is 6.16. The quantitative estimate of drug-likeness (QED) is 0.317. The highest BCUT2D eigenvalue weighted by molar-refractivity contribution is 5.90. The smallest absolute Gasteiger partial charge is 0.335 e. The lowest BCUT2D eigenvalue weighted by Gasteiger charge is -2.28. The Balaban J connectivity index is 1.60. The number of carboxylic acids is 1. The lowest BCUT2D eigenvalue weighted by atomic mass is 9.94. The number of benzene rings is 3. The molecular weight excluding hydrogens is 464 g/mol. The summed E-state index contributed by atoms with van der Waals surface area (Å²) < 4.78 is 33.5. The summed E-state index contributed by atoms with van der Waals surface area (Å²) in [7, 11) is 0. The van der Waals surface area contributed by atoms with Gasteiger partial charge in [0, 0.05) is 12.1 Å². The maximum atomic E-state index is 14.0. The minimum absolute atomic E-state index is 0.0733. The van der Waals surface area contributed by atoms with Crippen LogP contribution in [0.15, 0.2) is 60.7 Å². The molecule has 192 valence electrons. The zero-order valence-corrected chi connectivity index (χ0v) is 21.0. The van der Waals surface area contributed by atoms with E-state index in [-0.39, 0.29) is 36.8 Å². The van der Waals surface area contributed by atoms with Crippen LogP contribution in [0.4, 0.5) is 8.78 Å². The third-order valence-electron chi connectivity index (χ3n) is 6.16. The second kappa shape index (κ2) is 11.7. The number of hydrogen-bond donors (Lipinski definition) is 3. The first-order chi connectivity index (χ1) is 17.0. The highest BCUT2D eigenvalue weighted by atomic mass is 19.1. The van der Waals surface area contributed by atoms with E-state index in [1.807, 2.05) is 51.1 Å². The van der Waals surface area contributed by atoms with Gasteiger partial charge in [-0.25, -0.2) is 13.6 Å². The van der Waals surface area contributed by atoms with Crippen LogP contribution in [0.25, 0.3) is 11.1 Å². The van der Waals surface area contributed by atoms with E-state index in [2.05, 4.69) is 5.32 Å². The van der Waals surface area contributed by atoms with Gasteiger partial charge in [-0.15, -0.1) is 0 Å². The van der Waals surface area contributed by atoms with Gasteiger partial charge in [0.1, 0.15) is 11.6 Å². The predicted octanol–water partition coefficient (Wildman–Crippen LogP) is 5.69. The summed E-state index contributed by atoms with van der Waals surface area (Å²) in [6.07, 6.45) is -0.883. The van der Waals surface area contributed by atoms with Crippen LogP contribution < -0.4 is 5.32 Å². The molecular formula is C29H33F2NO4. The van der Waals surface area contributed by atoms with E-state index >= 15 is 0 Å². The Morgan fingerprint density at radius 3 is 2.50 bits per heavy atom. The summed E-state index contributed by atoms with van der Waals surface area (Å²) in [4.78, 5) is 11.3. The van der Waals surface area contributed by atoms with Crippen molar-refractivity contribution in [1.29, 1.82) is 0 Å². The molecule has 3 aromatic carbocycles. The molecule has 3 rings (SSSR count). The topological polar surface area (TPSA) is 78.8 Å². The molecule has 0 aliphatic carbocycles. The normalized spacial score (nSPS) is 13.4. The van der Waals surface area contributed by atoms with Gasteiger partial charge in [0.15, 0.2) is 0 Å². The number of aliphatic hydroxyl groups excluding tert-OH is 1. The lowest BCUT2D eigenvalue weighted by molar-refractivity contribution is -0.00398. The van der Waals surface area contributed by atoms with Crippen molar-refractivity contribution in [3.63, 3.8) is 0 Å². The number of β-amino-alcohol motifs (C(OH)–C–C–N with tert-alkyl or cyclic N) is 1. The van der Waals surface area contributed by atoms with Crippen LogP contribution in [0.5, 0.6) is 0 Å². The number of hydrogen-bond acceptors (Lipinski definition) is 4. The van der Waals surface area contributed by atoms with E-state index in [0.29, 0.717) is 5.56 Å². The second-order valence-electron chi connectivity index (χ2n) is 9.73. The molecule has 0 saturated carbocycles. The Morgan fingerprint density at radius 1 is 1.08 bits per heavy atom. The van der Waals surface area contributed by atoms with E-state index in [1.54, 1.807) is 19.1 Å². The Labute approximate surface area is 210 Å². The summed E-state index contributed by atoms with van der Waals surface area (Å²) >= 11 is 0. The van der Waals surface area contributed by atoms with Gasteiger partial charge in [0.2, 0.25) is 0 Å². The van der Waals surface area contributed by atoms with Crippen molar-refractivity contribution in [3.05, 3.63) is 94.6 Å². The molecule has 0 fully saturated rings. The lowest BCUT2D eigenvalue weighted by Crippen LogP contribution is -2.46. The molecule has 0 aliphatic rings.